The summed E-state index contributed by atoms with van der Waals surface area (Å²) in [6.07, 6.45) is 8.44. The molecule has 2 aromatic heterocycles. The standard InChI is InChI=1S/C16H23F2N5/c1-16(2,15(17)18)21-12-3-5-13(6-4-12)23-14(7-8-20-23)22-10-9-19-11-22/h7-13,15,21H,3-6H2,1-2H3/t12-,13-. The monoisotopic (exact) mass is 323 g/mol. The summed E-state index contributed by atoms with van der Waals surface area (Å²) in [5.41, 5.74) is -1.13. The van der Waals surface area contributed by atoms with E-state index in [0.29, 0.717) is 6.04 Å². The maximum absolute atomic E-state index is 13.0. The minimum Gasteiger partial charge on any atom is -0.304 e. The highest BCUT2D eigenvalue weighted by molar-refractivity contribution is 5.21. The van der Waals surface area contributed by atoms with E-state index in [2.05, 4.69) is 15.4 Å². The van der Waals surface area contributed by atoms with Crippen LogP contribution in [0.3, 0.4) is 0 Å². The fourth-order valence-corrected chi connectivity index (χ4v) is 3.24. The molecule has 0 spiro atoms. The Bertz CT molecular complexity index is 612. The highest BCUT2D eigenvalue weighted by atomic mass is 19.3. The van der Waals surface area contributed by atoms with Crippen LogP contribution in [0, 0.1) is 0 Å². The van der Waals surface area contributed by atoms with Gasteiger partial charge in [-0.2, -0.15) is 5.10 Å². The molecule has 0 aliphatic heterocycles. The zero-order valence-electron chi connectivity index (χ0n) is 13.5. The van der Waals surface area contributed by atoms with Crippen molar-refractivity contribution in [3.63, 3.8) is 0 Å². The molecular formula is C16H23F2N5. The van der Waals surface area contributed by atoms with Crippen LogP contribution >= 0.6 is 0 Å². The summed E-state index contributed by atoms with van der Waals surface area (Å²) in [6.45, 7) is 3.13. The van der Waals surface area contributed by atoms with Crippen LogP contribution < -0.4 is 5.32 Å². The second kappa shape index (κ2) is 6.39. The van der Waals surface area contributed by atoms with Gasteiger partial charge in [0.1, 0.15) is 12.1 Å². The van der Waals surface area contributed by atoms with Gasteiger partial charge in [-0.15, -0.1) is 0 Å². The predicted octanol–water partition coefficient (Wildman–Crippen LogP) is 3.19. The maximum Gasteiger partial charge on any atom is 0.255 e. The zero-order chi connectivity index (χ0) is 16.4. The molecule has 1 N–H and O–H groups in total. The Morgan fingerprint density at radius 2 is 1.96 bits per heavy atom. The lowest BCUT2D eigenvalue weighted by molar-refractivity contribution is 0.0388. The van der Waals surface area contributed by atoms with E-state index in [9.17, 15) is 8.78 Å². The lowest BCUT2D eigenvalue weighted by Crippen LogP contribution is -2.51. The molecular weight excluding hydrogens is 300 g/mol. The molecule has 3 rings (SSSR count). The number of aromatic nitrogens is 4. The lowest BCUT2D eigenvalue weighted by atomic mass is 9.89. The molecule has 23 heavy (non-hydrogen) atoms. The first-order valence-electron chi connectivity index (χ1n) is 8.05. The van der Waals surface area contributed by atoms with Crippen LogP contribution in [-0.2, 0) is 0 Å². The lowest BCUT2D eigenvalue weighted by Gasteiger charge is -2.36. The summed E-state index contributed by atoms with van der Waals surface area (Å²) in [4.78, 5) is 4.07. The van der Waals surface area contributed by atoms with E-state index in [-0.39, 0.29) is 6.04 Å². The van der Waals surface area contributed by atoms with E-state index in [1.807, 2.05) is 21.5 Å². The first kappa shape index (κ1) is 16.1. The first-order chi connectivity index (χ1) is 11.0. The van der Waals surface area contributed by atoms with E-state index >= 15 is 0 Å². The van der Waals surface area contributed by atoms with Crippen molar-refractivity contribution >= 4 is 0 Å². The Kier molecular flexibility index (Phi) is 4.48. The van der Waals surface area contributed by atoms with Crippen LogP contribution in [0.15, 0.2) is 31.0 Å². The van der Waals surface area contributed by atoms with Crippen molar-refractivity contribution in [2.45, 2.75) is 63.6 Å². The number of nitrogens with one attached hydrogen (secondary N) is 1. The minimum atomic E-state index is -2.36. The molecule has 1 aliphatic carbocycles. The molecule has 0 amide bonds. The third-order valence-corrected chi connectivity index (χ3v) is 4.58. The molecule has 126 valence electrons. The average molecular weight is 323 g/mol. The van der Waals surface area contributed by atoms with Crippen LogP contribution in [0.1, 0.15) is 45.6 Å². The second-order valence-electron chi connectivity index (χ2n) is 6.78. The molecule has 7 heteroatoms. The third kappa shape index (κ3) is 3.44. The molecule has 1 aliphatic rings. The Labute approximate surface area is 134 Å². The number of imidazole rings is 1. The topological polar surface area (TPSA) is 47.7 Å². The Morgan fingerprint density at radius 3 is 2.57 bits per heavy atom. The van der Waals surface area contributed by atoms with Gasteiger partial charge in [-0.25, -0.2) is 18.4 Å². The van der Waals surface area contributed by atoms with Gasteiger partial charge in [0.05, 0.1) is 17.8 Å². The summed E-state index contributed by atoms with van der Waals surface area (Å²) in [5, 5.41) is 7.56. The summed E-state index contributed by atoms with van der Waals surface area (Å²) in [7, 11) is 0. The van der Waals surface area contributed by atoms with Crippen molar-refractivity contribution in [3.05, 3.63) is 31.0 Å². The third-order valence-electron chi connectivity index (χ3n) is 4.58. The van der Waals surface area contributed by atoms with E-state index in [1.54, 1.807) is 32.6 Å². The van der Waals surface area contributed by atoms with Crippen molar-refractivity contribution in [2.24, 2.45) is 0 Å². The van der Waals surface area contributed by atoms with Crippen LogP contribution in [0.4, 0.5) is 8.78 Å². The Hall–Kier alpha value is -1.76. The average Bonchev–Trinajstić information content (AvgIpc) is 3.18. The van der Waals surface area contributed by atoms with Crippen LogP contribution in [0.5, 0.6) is 0 Å². The number of rotatable bonds is 5. The van der Waals surface area contributed by atoms with Gasteiger partial charge in [0, 0.05) is 24.5 Å². The van der Waals surface area contributed by atoms with Crippen molar-refractivity contribution in [1.29, 1.82) is 0 Å². The van der Waals surface area contributed by atoms with Crippen molar-refractivity contribution < 1.29 is 8.78 Å². The van der Waals surface area contributed by atoms with Crippen molar-refractivity contribution in [3.8, 4) is 5.82 Å². The van der Waals surface area contributed by atoms with Crippen LogP contribution in [0.25, 0.3) is 5.82 Å². The fraction of sp³-hybridized carbons (Fsp3) is 0.625. The minimum absolute atomic E-state index is 0.141. The van der Waals surface area contributed by atoms with Crippen molar-refractivity contribution in [2.75, 3.05) is 0 Å². The van der Waals surface area contributed by atoms with Crippen molar-refractivity contribution in [1.82, 2.24) is 24.6 Å². The zero-order valence-corrected chi connectivity index (χ0v) is 13.5. The summed E-state index contributed by atoms with van der Waals surface area (Å²) in [5.74, 6) is 0.992. The van der Waals surface area contributed by atoms with E-state index < -0.39 is 12.0 Å². The Morgan fingerprint density at radius 1 is 1.22 bits per heavy atom. The van der Waals surface area contributed by atoms with Gasteiger partial charge in [-0.05, 0) is 39.5 Å². The summed E-state index contributed by atoms with van der Waals surface area (Å²) >= 11 is 0. The molecule has 2 heterocycles. The molecule has 5 nitrogen and oxygen atoms in total. The number of nitrogens with zero attached hydrogens (tertiary/aromatic N) is 4. The van der Waals surface area contributed by atoms with E-state index in [0.717, 1.165) is 31.5 Å². The van der Waals surface area contributed by atoms with Gasteiger partial charge in [-0.3, -0.25) is 4.57 Å². The van der Waals surface area contributed by atoms with E-state index in [1.165, 1.54) is 0 Å². The van der Waals surface area contributed by atoms with Gasteiger partial charge < -0.3 is 5.32 Å². The number of halogens is 2. The maximum atomic E-state index is 13.0. The van der Waals surface area contributed by atoms with Crippen LogP contribution in [-0.4, -0.2) is 37.3 Å². The number of hydrogen-bond acceptors (Lipinski definition) is 3. The molecule has 0 bridgehead atoms. The summed E-state index contributed by atoms with van der Waals surface area (Å²) < 4.78 is 30.0. The van der Waals surface area contributed by atoms with Gasteiger partial charge in [0.15, 0.2) is 0 Å². The summed E-state index contributed by atoms with van der Waals surface area (Å²) in [6, 6.07) is 2.41. The van der Waals surface area contributed by atoms with Crippen LogP contribution in [0.2, 0.25) is 0 Å². The SMILES string of the molecule is CC(C)(N[C@H]1CC[C@H](n2nccc2-n2ccnc2)CC1)C(F)F. The molecule has 0 atom stereocenters. The molecule has 1 saturated carbocycles. The first-order valence-corrected chi connectivity index (χ1v) is 8.05. The number of hydrogen-bond donors (Lipinski definition) is 1. The second-order valence-corrected chi connectivity index (χ2v) is 6.78. The highest BCUT2D eigenvalue weighted by Crippen LogP contribution is 2.31. The number of alkyl halides is 2. The molecule has 1 fully saturated rings. The normalized spacial score (nSPS) is 22.7. The Balaban J connectivity index is 1.63. The smallest absolute Gasteiger partial charge is 0.255 e. The molecule has 0 unspecified atom stereocenters. The molecule has 2 aromatic rings. The van der Waals surface area contributed by atoms with E-state index in [4.69, 9.17) is 0 Å². The van der Waals surface area contributed by atoms with Gasteiger partial charge in [0.25, 0.3) is 6.43 Å². The van der Waals surface area contributed by atoms with Gasteiger partial charge in [0.2, 0.25) is 0 Å². The quantitative estimate of drug-likeness (QED) is 0.919. The largest absolute Gasteiger partial charge is 0.304 e. The fourth-order valence-electron chi connectivity index (χ4n) is 3.24. The molecule has 0 aromatic carbocycles. The highest BCUT2D eigenvalue weighted by Gasteiger charge is 2.33. The predicted molar refractivity (Wildman–Crippen MR) is 83.9 cm³/mol. The van der Waals surface area contributed by atoms with Gasteiger partial charge >= 0.3 is 0 Å². The molecule has 0 radical (unpaired) electrons. The van der Waals surface area contributed by atoms with Gasteiger partial charge in [-0.1, -0.05) is 0 Å². The molecule has 0 saturated heterocycles.